The van der Waals surface area contributed by atoms with E-state index in [2.05, 4.69) is 15.2 Å². The number of aromatic nitrogens is 3. The van der Waals surface area contributed by atoms with Crippen LogP contribution in [0.15, 0.2) is 28.3 Å². The number of aromatic amines is 1. The Bertz CT molecular complexity index is 572. The highest BCUT2D eigenvalue weighted by Gasteiger charge is 2.21. The van der Waals surface area contributed by atoms with E-state index in [-0.39, 0.29) is 4.90 Å². The summed E-state index contributed by atoms with van der Waals surface area (Å²) in [6, 6.07) is 3.91. The van der Waals surface area contributed by atoms with Gasteiger partial charge >= 0.3 is 5.69 Å². The zero-order valence-electron chi connectivity index (χ0n) is 8.68. The third kappa shape index (κ3) is 2.41. The van der Waals surface area contributed by atoms with Crippen molar-refractivity contribution in [3.8, 4) is 0 Å². The Morgan fingerprint density at radius 1 is 1.53 bits per heavy atom. The van der Waals surface area contributed by atoms with E-state index >= 15 is 0 Å². The number of nitrogens with one attached hydrogen (secondary N) is 1. The molecule has 1 aromatic carbocycles. The Morgan fingerprint density at radius 2 is 2.29 bits per heavy atom. The normalized spacial score (nSPS) is 10.5. The van der Waals surface area contributed by atoms with Gasteiger partial charge in [0.25, 0.3) is 0 Å². The van der Waals surface area contributed by atoms with Gasteiger partial charge in [-0.25, -0.2) is 4.98 Å². The molecule has 0 aliphatic heterocycles. The van der Waals surface area contributed by atoms with Crippen molar-refractivity contribution < 1.29 is 9.31 Å². The van der Waals surface area contributed by atoms with Crippen LogP contribution in [0.3, 0.4) is 0 Å². The van der Waals surface area contributed by atoms with E-state index < -0.39 is 16.4 Å². The van der Waals surface area contributed by atoms with Crippen LogP contribution in [0.2, 0.25) is 0 Å². The van der Waals surface area contributed by atoms with Gasteiger partial charge in [-0.15, -0.1) is 5.10 Å². The van der Waals surface area contributed by atoms with Crippen molar-refractivity contribution in [3.63, 3.8) is 0 Å². The number of para-hydroxylation sites is 1. The fraction of sp³-hybridized carbons (Fsp3) is 0.111. The molecule has 2 rings (SSSR count). The molecule has 0 saturated heterocycles. The van der Waals surface area contributed by atoms with Gasteiger partial charge < -0.3 is 0 Å². The number of aryl methyl sites for hydroxylation is 1. The van der Waals surface area contributed by atoms with Gasteiger partial charge in [-0.2, -0.15) is 4.39 Å². The van der Waals surface area contributed by atoms with Crippen LogP contribution in [0.5, 0.6) is 0 Å². The first-order valence-corrected chi connectivity index (χ1v) is 5.39. The molecule has 1 aromatic heterocycles. The van der Waals surface area contributed by atoms with Crippen molar-refractivity contribution in [1.29, 1.82) is 0 Å². The molecule has 88 valence electrons. The van der Waals surface area contributed by atoms with Crippen LogP contribution < -0.4 is 0 Å². The first-order chi connectivity index (χ1) is 8.08. The summed E-state index contributed by atoms with van der Waals surface area (Å²) in [5, 5.41) is 17.5. The summed E-state index contributed by atoms with van der Waals surface area (Å²) in [5.41, 5.74) is -0.556. The van der Waals surface area contributed by atoms with Gasteiger partial charge in [-0.1, -0.05) is 6.07 Å². The predicted molar refractivity (Wildman–Crippen MR) is 58.3 cm³/mol. The number of benzene rings is 1. The van der Waals surface area contributed by atoms with Crippen molar-refractivity contribution in [2.45, 2.75) is 17.0 Å². The number of H-pyrrole nitrogens is 1. The molecule has 2 aromatic rings. The molecule has 0 atom stereocenters. The number of nitrogens with zero attached hydrogens (tertiary/aromatic N) is 3. The van der Waals surface area contributed by atoms with Gasteiger partial charge in [0.1, 0.15) is 5.82 Å². The minimum Gasteiger partial charge on any atom is -0.262 e. The zero-order valence-corrected chi connectivity index (χ0v) is 9.49. The number of rotatable bonds is 3. The number of nitro benzene ring substituents is 1. The molecule has 17 heavy (non-hydrogen) atoms. The van der Waals surface area contributed by atoms with Gasteiger partial charge in [0, 0.05) is 0 Å². The standard InChI is InChI=1S/C9H7FN4O2S/c1-5-11-9(13-12-5)17-7-4-2-3-6(10)8(7)14(15)16/h2-4H,1H3,(H,11,12,13). The summed E-state index contributed by atoms with van der Waals surface area (Å²) in [6.07, 6.45) is 0. The van der Waals surface area contributed by atoms with Crippen molar-refractivity contribution in [2.24, 2.45) is 0 Å². The molecule has 0 aliphatic carbocycles. The molecule has 8 heteroatoms. The number of hydrogen-bond acceptors (Lipinski definition) is 5. The Hall–Kier alpha value is -1.96. The van der Waals surface area contributed by atoms with Crippen molar-refractivity contribution in [2.75, 3.05) is 0 Å². The largest absolute Gasteiger partial charge is 0.318 e. The molecule has 0 amide bonds. The van der Waals surface area contributed by atoms with Crippen LogP contribution in [0, 0.1) is 22.9 Å². The highest BCUT2D eigenvalue weighted by molar-refractivity contribution is 7.99. The van der Waals surface area contributed by atoms with Crippen molar-refractivity contribution in [1.82, 2.24) is 15.2 Å². The molecular formula is C9H7FN4O2S. The Kier molecular flexibility index (Phi) is 3.05. The predicted octanol–water partition coefficient (Wildman–Crippen LogP) is 2.31. The Morgan fingerprint density at radius 3 is 2.88 bits per heavy atom. The monoisotopic (exact) mass is 254 g/mol. The average molecular weight is 254 g/mol. The van der Waals surface area contributed by atoms with Gasteiger partial charge in [0.05, 0.1) is 9.82 Å². The lowest BCUT2D eigenvalue weighted by atomic mass is 10.3. The van der Waals surface area contributed by atoms with E-state index in [1.807, 2.05) is 0 Å². The van der Waals surface area contributed by atoms with E-state index in [0.717, 1.165) is 17.8 Å². The molecule has 1 heterocycles. The SMILES string of the molecule is Cc1nc(Sc2cccc(F)c2[N+](=O)[O-])n[nH]1. The maximum Gasteiger partial charge on any atom is 0.318 e. The molecule has 0 fully saturated rings. The first kappa shape index (κ1) is 11.5. The summed E-state index contributed by atoms with van der Waals surface area (Å²) in [6.45, 7) is 1.71. The highest BCUT2D eigenvalue weighted by atomic mass is 32.2. The molecule has 0 unspecified atom stereocenters. The highest BCUT2D eigenvalue weighted by Crippen LogP contribution is 2.34. The second-order valence-electron chi connectivity index (χ2n) is 3.15. The lowest BCUT2D eigenvalue weighted by Gasteiger charge is -1.99. The molecule has 0 spiro atoms. The summed E-state index contributed by atoms with van der Waals surface area (Å²) in [7, 11) is 0. The number of hydrogen-bond donors (Lipinski definition) is 1. The first-order valence-electron chi connectivity index (χ1n) is 4.57. The third-order valence-corrected chi connectivity index (χ3v) is 2.82. The molecule has 0 saturated carbocycles. The lowest BCUT2D eigenvalue weighted by Crippen LogP contribution is -1.94. The molecule has 6 nitrogen and oxygen atoms in total. The molecule has 1 N–H and O–H groups in total. The average Bonchev–Trinajstić information content (AvgIpc) is 2.63. The van der Waals surface area contributed by atoms with Gasteiger partial charge in [0.2, 0.25) is 11.0 Å². The van der Waals surface area contributed by atoms with Crippen molar-refractivity contribution >= 4 is 17.4 Å². The minimum atomic E-state index is -0.868. The van der Waals surface area contributed by atoms with E-state index in [1.165, 1.54) is 12.1 Å². The minimum absolute atomic E-state index is 0.175. The van der Waals surface area contributed by atoms with Crippen LogP contribution in [-0.2, 0) is 0 Å². The maximum atomic E-state index is 13.3. The Labute approximate surface area is 99.4 Å². The molecule has 0 bridgehead atoms. The fourth-order valence-electron chi connectivity index (χ4n) is 1.22. The van der Waals surface area contributed by atoms with E-state index in [0.29, 0.717) is 11.0 Å². The quantitative estimate of drug-likeness (QED) is 0.671. The Balaban J connectivity index is 2.39. The zero-order chi connectivity index (χ0) is 12.4. The van der Waals surface area contributed by atoms with Crippen LogP contribution >= 0.6 is 11.8 Å². The van der Waals surface area contributed by atoms with Crippen LogP contribution in [0.25, 0.3) is 0 Å². The van der Waals surface area contributed by atoms with E-state index in [9.17, 15) is 14.5 Å². The van der Waals surface area contributed by atoms with Gasteiger partial charge in [-0.05, 0) is 30.8 Å². The molecule has 0 radical (unpaired) electrons. The number of nitro groups is 1. The molecule has 0 aliphatic rings. The van der Waals surface area contributed by atoms with Crippen LogP contribution in [0.4, 0.5) is 10.1 Å². The lowest BCUT2D eigenvalue weighted by molar-refractivity contribution is -0.390. The summed E-state index contributed by atoms with van der Waals surface area (Å²) in [4.78, 5) is 14.2. The van der Waals surface area contributed by atoms with Gasteiger partial charge in [-0.3, -0.25) is 15.2 Å². The summed E-state index contributed by atoms with van der Waals surface area (Å²) < 4.78 is 13.3. The van der Waals surface area contributed by atoms with Crippen molar-refractivity contribution in [3.05, 3.63) is 40.0 Å². The second-order valence-corrected chi connectivity index (χ2v) is 4.16. The van der Waals surface area contributed by atoms with Crippen LogP contribution in [-0.4, -0.2) is 20.1 Å². The fourth-order valence-corrected chi connectivity index (χ4v) is 2.11. The second kappa shape index (κ2) is 4.50. The number of halogens is 1. The molecular weight excluding hydrogens is 247 g/mol. The van der Waals surface area contributed by atoms with E-state index in [4.69, 9.17) is 0 Å². The van der Waals surface area contributed by atoms with E-state index in [1.54, 1.807) is 6.92 Å². The summed E-state index contributed by atoms with van der Waals surface area (Å²) in [5.74, 6) is -0.279. The third-order valence-electron chi connectivity index (χ3n) is 1.91. The summed E-state index contributed by atoms with van der Waals surface area (Å²) >= 11 is 0.942. The topological polar surface area (TPSA) is 84.7 Å². The maximum absolute atomic E-state index is 13.3. The van der Waals surface area contributed by atoms with Crippen LogP contribution in [0.1, 0.15) is 5.82 Å². The van der Waals surface area contributed by atoms with Gasteiger partial charge in [0.15, 0.2) is 0 Å². The smallest absolute Gasteiger partial charge is 0.262 e.